The molecule has 33 heavy (non-hydrogen) atoms. The average molecular weight is 444 g/mol. The number of hydrogen-bond acceptors (Lipinski definition) is 6. The third-order valence-electron chi connectivity index (χ3n) is 5.41. The quantitative estimate of drug-likeness (QED) is 0.235. The highest BCUT2D eigenvalue weighted by Crippen LogP contribution is 2.39. The van der Waals surface area contributed by atoms with E-state index in [2.05, 4.69) is 16.5 Å². The van der Waals surface area contributed by atoms with Crippen LogP contribution in [0.1, 0.15) is 23.6 Å². The number of Topliss-reactive ketones (excluding diaryl/α,β-unsaturated/α-hetero) is 1. The minimum absolute atomic E-state index is 0.0513. The number of ether oxygens (including phenoxy) is 1. The monoisotopic (exact) mass is 444 g/mol. The first-order chi connectivity index (χ1) is 16.1. The van der Waals surface area contributed by atoms with Crippen molar-refractivity contribution in [2.45, 2.75) is 19.0 Å². The van der Waals surface area contributed by atoms with Gasteiger partial charge in [0.15, 0.2) is 0 Å². The maximum absolute atomic E-state index is 13.0. The number of rotatable bonds is 9. The second-order valence-electron chi connectivity index (χ2n) is 7.56. The summed E-state index contributed by atoms with van der Waals surface area (Å²) < 4.78 is 7.38. The van der Waals surface area contributed by atoms with Gasteiger partial charge in [0.1, 0.15) is 18.1 Å². The van der Waals surface area contributed by atoms with E-state index < -0.39 is 17.7 Å². The molecule has 1 amide bonds. The SMILES string of the molecule is C=CCOc1ccc(C(O)=C2C(=O)C(=O)N(CCCn3ccnc3)[C@H]2c2cccnc2)cc1. The van der Waals surface area contributed by atoms with E-state index in [0.717, 1.165) is 0 Å². The van der Waals surface area contributed by atoms with E-state index in [1.54, 1.807) is 67.4 Å². The zero-order valence-corrected chi connectivity index (χ0v) is 18.0. The van der Waals surface area contributed by atoms with Crippen LogP contribution in [0, 0.1) is 0 Å². The van der Waals surface area contributed by atoms with Gasteiger partial charge in [-0.25, -0.2) is 4.98 Å². The maximum atomic E-state index is 13.0. The number of imidazole rings is 1. The van der Waals surface area contributed by atoms with E-state index in [0.29, 0.717) is 43.0 Å². The number of likely N-dealkylation sites (tertiary alicyclic amines) is 1. The maximum Gasteiger partial charge on any atom is 0.295 e. The molecule has 0 aliphatic carbocycles. The van der Waals surface area contributed by atoms with E-state index in [4.69, 9.17) is 4.74 Å². The van der Waals surface area contributed by atoms with E-state index >= 15 is 0 Å². The minimum atomic E-state index is -0.724. The van der Waals surface area contributed by atoms with Crippen molar-refractivity contribution < 1.29 is 19.4 Å². The van der Waals surface area contributed by atoms with Crippen molar-refractivity contribution in [3.05, 3.63) is 96.9 Å². The minimum Gasteiger partial charge on any atom is -0.507 e. The largest absolute Gasteiger partial charge is 0.507 e. The van der Waals surface area contributed by atoms with Gasteiger partial charge in [0.05, 0.1) is 17.9 Å². The first kappa shape index (κ1) is 22.0. The molecule has 0 bridgehead atoms. The number of amides is 1. The van der Waals surface area contributed by atoms with Crippen LogP contribution in [-0.4, -0.2) is 49.4 Å². The Kier molecular flexibility index (Phi) is 6.64. The van der Waals surface area contributed by atoms with Crippen molar-refractivity contribution in [3.63, 3.8) is 0 Å². The van der Waals surface area contributed by atoms with Gasteiger partial charge in [-0.2, -0.15) is 0 Å². The summed E-state index contributed by atoms with van der Waals surface area (Å²) in [5.41, 5.74) is 1.13. The Hall–Kier alpha value is -4.20. The standard InChI is InChI=1S/C25H24N4O4/c1-2-15-33-20-8-6-18(7-9-20)23(30)21-22(19-5-3-10-26-16-19)29(25(32)24(21)31)13-4-12-28-14-11-27-17-28/h2-3,5-11,14,16-17,22,30H,1,4,12-13,15H2/t22-/m0/s1. The molecule has 1 fully saturated rings. The molecule has 1 saturated heterocycles. The first-order valence-corrected chi connectivity index (χ1v) is 10.6. The topological polar surface area (TPSA) is 97.6 Å². The van der Waals surface area contributed by atoms with E-state index in [1.165, 1.54) is 4.90 Å². The molecule has 1 aromatic carbocycles. The van der Waals surface area contributed by atoms with Crippen LogP contribution in [0.25, 0.3) is 5.76 Å². The van der Waals surface area contributed by atoms with E-state index in [9.17, 15) is 14.7 Å². The van der Waals surface area contributed by atoms with Crippen LogP contribution in [0.15, 0.2) is 85.7 Å². The summed E-state index contributed by atoms with van der Waals surface area (Å²) in [4.78, 5) is 35.7. The molecule has 1 N–H and O–H groups in total. The molecule has 1 aliphatic heterocycles. The van der Waals surface area contributed by atoms with Crippen molar-refractivity contribution in [1.29, 1.82) is 0 Å². The molecule has 0 unspecified atom stereocenters. The Morgan fingerprint density at radius 1 is 1.12 bits per heavy atom. The number of aliphatic hydroxyl groups excluding tert-OH is 1. The summed E-state index contributed by atoms with van der Waals surface area (Å²) in [5.74, 6) is -0.970. The number of aryl methyl sites for hydroxylation is 1. The van der Waals surface area contributed by atoms with E-state index in [-0.39, 0.29) is 11.3 Å². The third kappa shape index (κ3) is 4.69. The molecule has 4 rings (SSSR count). The molecule has 3 heterocycles. The van der Waals surface area contributed by atoms with Gasteiger partial charge in [0, 0.05) is 43.4 Å². The third-order valence-corrected chi connectivity index (χ3v) is 5.41. The van der Waals surface area contributed by atoms with Crippen LogP contribution in [0.3, 0.4) is 0 Å². The van der Waals surface area contributed by atoms with Crippen molar-refractivity contribution in [2.75, 3.05) is 13.2 Å². The Bertz CT molecular complexity index is 1150. The van der Waals surface area contributed by atoms with Crippen molar-refractivity contribution >= 4 is 17.4 Å². The van der Waals surface area contributed by atoms with E-state index in [1.807, 2.05) is 10.8 Å². The zero-order valence-electron chi connectivity index (χ0n) is 18.0. The second-order valence-corrected chi connectivity index (χ2v) is 7.56. The van der Waals surface area contributed by atoms with Gasteiger partial charge in [0.25, 0.3) is 11.7 Å². The lowest BCUT2D eigenvalue weighted by Gasteiger charge is -2.25. The smallest absolute Gasteiger partial charge is 0.295 e. The lowest BCUT2D eigenvalue weighted by molar-refractivity contribution is -0.139. The number of carbonyl (C=O) groups is 2. The summed E-state index contributed by atoms with van der Waals surface area (Å²) in [6.07, 6.45) is 10.7. The summed E-state index contributed by atoms with van der Waals surface area (Å²) in [6.45, 7) is 4.96. The fourth-order valence-electron chi connectivity index (χ4n) is 3.86. The highest BCUT2D eigenvalue weighted by Gasteiger charge is 2.45. The number of hydrogen-bond donors (Lipinski definition) is 1. The normalized spacial score (nSPS) is 17.3. The molecule has 1 atom stereocenters. The fourth-order valence-corrected chi connectivity index (χ4v) is 3.86. The predicted octanol–water partition coefficient (Wildman–Crippen LogP) is 3.35. The molecule has 1 aliphatic rings. The van der Waals surface area contributed by atoms with Crippen LogP contribution in [0.2, 0.25) is 0 Å². The average Bonchev–Trinajstić information content (AvgIpc) is 3.45. The van der Waals surface area contributed by atoms with Crippen LogP contribution in [0.4, 0.5) is 0 Å². The molecule has 0 radical (unpaired) electrons. The number of aliphatic hydroxyl groups is 1. The first-order valence-electron chi connectivity index (χ1n) is 10.6. The van der Waals surface area contributed by atoms with Gasteiger partial charge in [-0.15, -0.1) is 0 Å². The number of carbonyl (C=O) groups excluding carboxylic acids is 2. The molecule has 2 aromatic heterocycles. The van der Waals surface area contributed by atoms with Crippen LogP contribution in [0.5, 0.6) is 5.75 Å². The molecule has 0 spiro atoms. The Morgan fingerprint density at radius 2 is 1.94 bits per heavy atom. The Balaban J connectivity index is 1.66. The Morgan fingerprint density at radius 3 is 2.61 bits per heavy atom. The number of nitrogens with zero attached hydrogens (tertiary/aromatic N) is 4. The van der Waals surface area contributed by atoms with Crippen molar-refractivity contribution in [2.24, 2.45) is 0 Å². The van der Waals surface area contributed by atoms with Crippen molar-refractivity contribution in [3.8, 4) is 5.75 Å². The van der Waals surface area contributed by atoms with Crippen molar-refractivity contribution in [1.82, 2.24) is 19.4 Å². The van der Waals surface area contributed by atoms with Crippen LogP contribution >= 0.6 is 0 Å². The molecule has 0 saturated carbocycles. The molecular formula is C25H24N4O4. The lowest BCUT2D eigenvalue weighted by Crippen LogP contribution is -2.31. The molecule has 8 nitrogen and oxygen atoms in total. The number of aromatic nitrogens is 3. The van der Waals surface area contributed by atoms with Gasteiger partial charge >= 0.3 is 0 Å². The van der Waals surface area contributed by atoms with Gasteiger partial charge in [-0.1, -0.05) is 18.7 Å². The number of pyridine rings is 1. The summed E-state index contributed by atoms with van der Waals surface area (Å²) >= 11 is 0. The summed E-state index contributed by atoms with van der Waals surface area (Å²) in [6, 6.07) is 9.51. The molecule has 3 aromatic rings. The highest BCUT2D eigenvalue weighted by molar-refractivity contribution is 6.46. The lowest BCUT2D eigenvalue weighted by atomic mass is 9.96. The fraction of sp³-hybridized carbons (Fsp3) is 0.200. The zero-order chi connectivity index (χ0) is 23.2. The summed E-state index contributed by atoms with van der Waals surface area (Å²) in [7, 11) is 0. The number of ketones is 1. The van der Waals surface area contributed by atoms with Crippen LogP contribution < -0.4 is 4.74 Å². The van der Waals surface area contributed by atoms with Gasteiger partial charge in [0.2, 0.25) is 0 Å². The summed E-state index contributed by atoms with van der Waals surface area (Å²) in [5, 5.41) is 11.1. The predicted molar refractivity (Wildman–Crippen MR) is 122 cm³/mol. The second kappa shape index (κ2) is 9.95. The Labute approximate surface area is 191 Å². The van der Waals surface area contributed by atoms with Gasteiger partial charge in [-0.3, -0.25) is 14.6 Å². The molecule has 168 valence electrons. The van der Waals surface area contributed by atoms with Gasteiger partial charge in [-0.05, 0) is 42.3 Å². The number of benzene rings is 1. The molecule has 8 heteroatoms. The molecular weight excluding hydrogens is 420 g/mol. The highest BCUT2D eigenvalue weighted by atomic mass is 16.5. The van der Waals surface area contributed by atoms with Gasteiger partial charge < -0.3 is 19.3 Å². The van der Waals surface area contributed by atoms with Crippen LogP contribution in [-0.2, 0) is 16.1 Å².